The minimum Gasteiger partial charge on any atom is -0.444 e. The number of benzene rings is 2. The van der Waals surface area contributed by atoms with E-state index in [0.717, 1.165) is 16.7 Å². The van der Waals surface area contributed by atoms with Crippen molar-refractivity contribution in [1.82, 2.24) is 10.2 Å². The molecular formula is C30H41ClN4O5. The number of nitrogens with zero attached hydrogens (tertiary/aromatic N) is 1. The van der Waals surface area contributed by atoms with Crippen LogP contribution >= 0.6 is 11.6 Å². The van der Waals surface area contributed by atoms with Crippen molar-refractivity contribution in [1.29, 1.82) is 0 Å². The van der Waals surface area contributed by atoms with Crippen LogP contribution in [0.2, 0.25) is 5.02 Å². The fourth-order valence-corrected chi connectivity index (χ4v) is 4.69. The summed E-state index contributed by atoms with van der Waals surface area (Å²) in [7, 11) is 0. The second-order valence-electron chi connectivity index (χ2n) is 11.0. The Hall–Kier alpha value is -3.59. The van der Waals surface area contributed by atoms with Gasteiger partial charge in [-0.05, 0) is 71.6 Å². The van der Waals surface area contributed by atoms with Gasteiger partial charge in [-0.1, -0.05) is 60.0 Å². The van der Waals surface area contributed by atoms with Crippen molar-refractivity contribution in [2.24, 2.45) is 5.73 Å². The Morgan fingerprint density at radius 1 is 1.05 bits per heavy atom. The Bertz CT molecular complexity index is 1200. The number of carbonyl (C=O) groups excluding carboxylic acids is 4. The van der Waals surface area contributed by atoms with Crippen LogP contribution < -0.4 is 16.4 Å². The van der Waals surface area contributed by atoms with E-state index in [2.05, 4.69) is 10.6 Å². The molecule has 10 heteroatoms. The molecule has 0 saturated heterocycles. The van der Waals surface area contributed by atoms with Crippen LogP contribution in [0.25, 0.3) is 0 Å². The van der Waals surface area contributed by atoms with Gasteiger partial charge in [0.2, 0.25) is 11.8 Å². The summed E-state index contributed by atoms with van der Waals surface area (Å²) in [5, 5.41) is 5.88. The second-order valence-corrected chi connectivity index (χ2v) is 11.4. The lowest BCUT2D eigenvalue weighted by Crippen LogP contribution is -2.52. The minimum atomic E-state index is -1.16. The van der Waals surface area contributed by atoms with E-state index in [-0.39, 0.29) is 19.4 Å². The van der Waals surface area contributed by atoms with Gasteiger partial charge in [0.1, 0.15) is 17.7 Å². The van der Waals surface area contributed by atoms with E-state index in [4.69, 9.17) is 22.1 Å². The summed E-state index contributed by atoms with van der Waals surface area (Å²) in [4.78, 5) is 53.8. The van der Waals surface area contributed by atoms with Crippen LogP contribution in [0.5, 0.6) is 0 Å². The maximum absolute atomic E-state index is 14.1. The van der Waals surface area contributed by atoms with Gasteiger partial charge in [-0.25, -0.2) is 4.79 Å². The first kappa shape index (κ1) is 32.6. The number of nitrogens with two attached hydrogens (primary N) is 1. The van der Waals surface area contributed by atoms with Crippen molar-refractivity contribution in [3.8, 4) is 0 Å². The molecule has 0 radical (unpaired) electrons. The zero-order valence-corrected chi connectivity index (χ0v) is 25.1. The third-order valence-corrected chi connectivity index (χ3v) is 6.32. The number of amides is 4. The van der Waals surface area contributed by atoms with Gasteiger partial charge < -0.3 is 26.0 Å². The molecule has 0 aliphatic rings. The van der Waals surface area contributed by atoms with E-state index in [1.807, 2.05) is 52.0 Å². The van der Waals surface area contributed by atoms with E-state index in [1.165, 1.54) is 4.90 Å². The van der Waals surface area contributed by atoms with Crippen molar-refractivity contribution in [2.75, 3.05) is 11.9 Å². The Morgan fingerprint density at radius 2 is 1.68 bits per heavy atom. The highest BCUT2D eigenvalue weighted by atomic mass is 35.5. The maximum Gasteiger partial charge on any atom is 0.408 e. The SMILES string of the molecule is CCCN(C(=O)C(CCC(N)=O)NC(=O)OC(C)(C)C)C(C(=O)Nc1c(C)cccc1Cl)c1cc(C)cc(C)c1. The standard InChI is InChI=1S/C30H41ClN4O5/c1-8-14-35(28(38)23(12-13-24(32)36)33-29(39)40-30(5,6)7)26(21-16-18(2)15-19(3)17-21)27(37)34-25-20(4)10-9-11-22(25)31/h9-11,15-17,23,26H,8,12-14H2,1-7H3,(H2,32,36)(H,33,39)(H,34,37). The third kappa shape index (κ3) is 9.55. The highest BCUT2D eigenvalue weighted by Crippen LogP contribution is 2.30. The van der Waals surface area contributed by atoms with Gasteiger partial charge >= 0.3 is 6.09 Å². The monoisotopic (exact) mass is 572 g/mol. The molecular weight excluding hydrogens is 532 g/mol. The van der Waals surface area contributed by atoms with Crippen LogP contribution in [-0.2, 0) is 19.1 Å². The largest absolute Gasteiger partial charge is 0.444 e. The first-order valence-corrected chi connectivity index (χ1v) is 13.7. The van der Waals surface area contributed by atoms with Gasteiger partial charge in [-0.15, -0.1) is 0 Å². The summed E-state index contributed by atoms with van der Waals surface area (Å²) in [6.07, 6.45) is -0.490. The lowest BCUT2D eigenvalue weighted by Gasteiger charge is -2.34. The second kappa shape index (κ2) is 14.2. The molecule has 4 amide bonds. The van der Waals surface area contributed by atoms with Crippen molar-refractivity contribution in [3.05, 3.63) is 63.7 Å². The number of carbonyl (C=O) groups is 4. The number of hydrogen-bond donors (Lipinski definition) is 3. The molecule has 40 heavy (non-hydrogen) atoms. The third-order valence-electron chi connectivity index (χ3n) is 6.01. The van der Waals surface area contributed by atoms with Gasteiger partial charge in [-0.3, -0.25) is 14.4 Å². The van der Waals surface area contributed by atoms with Gasteiger partial charge in [0.25, 0.3) is 5.91 Å². The number of nitrogens with one attached hydrogen (secondary N) is 2. The summed E-state index contributed by atoms with van der Waals surface area (Å²) >= 11 is 6.41. The van der Waals surface area contributed by atoms with Gasteiger partial charge in [0, 0.05) is 13.0 Å². The molecule has 2 atom stereocenters. The van der Waals surface area contributed by atoms with E-state index in [1.54, 1.807) is 32.9 Å². The quantitative estimate of drug-likeness (QED) is 0.334. The Balaban J connectivity index is 2.59. The number of anilines is 1. The molecule has 2 aromatic carbocycles. The van der Waals surface area contributed by atoms with Crippen molar-refractivity contribution in [2.45, 2.75) is 85.4 Å². The van der Waals surface area contributed by atoms with Crippen molar-refractivity contribution >= 4 is 41.1 Å². The zero-order chi connectivity index (χ0) is 30.2. The molecule has 218 valence electrons. The molecule has 0 heterocycles. The minimum absolute atomic E-state index is 0.0571. The lowest BCUT2D eigenvalue weighted by molar-refractivity contribution is -0.141. The fraction of sp³-hybridized carbons (Fsp3) is 0.467. The topological polar surface area (TPSA) is 131 Å². The first-order valence-electron chi connectivity index (χ1n) is 13.4. The molecule has 2 aromatic rings. The van der Waals surface area contributed by atoms with Crippen LogP contribution in [-0.4, -0.2) is 46.9 Å². The number of aryl methyl sites for hydroxylation is 3. The highest BCUT2D eigenvalue weighted by Gasteiger charge is 2.36. The molecule has 0 saturated carbocycles. The highest BCUT2D eigenvalue weighted by molar-refractivity contribution is 6.34. The maximum atomic E-state index is 14.1. The molecule has 2 rings (SSSR count). The number of alkyl carbamates (subject to hydrolysis) is 1. The predicted octanol–water partition coefficient (Wildman–Crippen LogP) is 5.34. The summed E-state index contributed by atoms with van der Waals surface area (Å²) in [5.41, 5.74) is 8.22. The Morgan fingerprint density at radius 3 is 2.20 bits per heavy atom. The van der Waals surface area contributed by atoms with Crippen molar-refractivity contribution < 1.29 is 23.9 Å². The molecule has 0 bridgehead atoms. The molecule has 4 N–H and O–H groups in total. The van der Waals surface area contributed by atoms with Crippen LogP contribution in [0.15, 0.2) is 36.4 Å². The molecule has 0 spiro atoms. The first-order chi connectivity index (χ1) is 18.6. The van der Waals surface area contributed by atoms with E-state index in [9.17, 15) is 19.2 Å². The van der Waals surface area contributed by atoms with Crippen LogP contribution in [0, 0.1) is 20.8 Å². The molecule has 0 aromatic heterocycles. The van der Waals surface area contributed by atoms with Gasteiger partial charge in [-0.2, -0.15) is 0 Å². The fourth-order valence-electron chi connectivity index (χ4n) is 4.42. The predicted molar refractivity (Wildman–Crippen MR) is 157 cm³/mol. The summed E-state index contributed by atoms with van der Waals surface area (Å²) in [6.45, 7) is 12.8. The van der Waals surface area contributed by atoms with E-state index >= 15 is 0 Å². The van der Waals surface area contributed by atoms with Crippen LogP contribution in [0.3, 0.4) is 0 Å². The number of ether oxygens (including phenoxy) is 1. The molecule has 0 aliphatic heterocycles. The number of rotatable bonds is 11. The Kier molecular flexibility index (Phi) is 11.5. The number of primary amides is 1. The zero-order valence-electron chi connectivity index (χ0n) is 24.4. The summed E-state index contributed by atoms with van der Waals surface area (Å²) in [6, 6.07) is 8.76. The number of hydrogen-bond acceptors (Lipinski definition) is 5. The molecule has 0 fully saturated rings. The summed E-state index contributed by atoms with van der Waals surface area (Å²) in [5.74, 6) is -1.62. The summed E-state index contributed by atoms with van der Waals surface area (Å²) < 4.78 is 5.36. The normalized spacial score (nSPS) is 12.7. The number of para-hydroxylation sites is 1. The molecule has 0 aliphatic carbocycles. The van der Waals surface area contributed by atoms with Gasteiger partial charge in [0.05, 0.1) is 10.7 Å². The smallest absolute Gasteiger partial charge is 0.408 e. The number of halogens is 1. The van der Waals surface area contributed by atoms with Crippen LogP contribution in [0.4, 0.5) is 10.5 Å². The molecule has 2 unspecified atom stereocenters. The van der Waals surface area contributed by atoms with E-state index < -0.39 is 41.5 Å². The van der Waals surface area contributed by atoms with E-state index in [0.29, 0.717) is 22.7 Å². The van der Waals surface area contributed by atoms with Gasteiger partial charge in [0.15, 0.2) is 0 Å². The molecule has 9 nitrogen and oxygen atoms in total. The lowest BCUT2D eigenvalue weighted by atomic mass is 9.97. The van der Waals surface area contributed by atoms with Crippen molar-refractivity contribution in [3.63, 3.8) is 0 Å². The average molecular weight is 573 g/mol. The average Bonchev–Trinajstić information content (AvgIpc) is 2.81. The van der Waals surface area contributed by atoms with Crippen LogP contribution in [0.1, 0.15) is 75.3 Å². The Labute approximate surface area is 241 Å².